The van der Waals surface area contributed by atoms with Crippen LogP contribution in [-0.4, -0.2) is 11.0 Å². The van der Waals surface area contributed by atoms with E-state index in [0.29, 0.717) is 6.04 Å². The molecular weight excluding hydrogens is 184 g/mol. The Morgan fingerprint density at radius 3 is 3.07 bits per heavy atom. The third-order valence-corrected chi connectivity index (χ3v) is 2.53. The van der Waals surface area contributed by atoms with Crippen LogP contribution in [0.5, 0.6) is 0 Å². The van der Waals surface area contributed by atoms with E-state index in [1.54, 1.807) is 6.20 Å². The number of pyridine rings is 1. The number of hydrogen-bond acceptors (Lipinski definition) is 2. The van der Waals surface area contributed by atoms with Crippen molar-refractivity contribution in [3.05, 3.63) is 42.7 Å². The molecule has 82 valence electrons. The van der Waals surface area contributed by atoms with Gasteiger partial charge in [-0.25, -0.2) is 0 Å². The Bertz CT molecular complexity index is 269. The fourth-order valence-corrected chi connectivity index (χ4v) is 1.53. The van der Waals surface area contributed by atoms with Gasteiger partial charge in [0.25, 0.3) is 0 Å². The second-order valence-electron chi connectivity index (χ2n) is 3.71. The van der Waals surface area contributed by atoms with Gasteiger partial charge < -0.3 is 5.32 Å². The molecule has 0 aliphatic carbocycles. The molecule has 0 bridgehead atoms. The lowest BCUT2D eigenvalue weighted by molar-refractivity contribution is 0.470. The van der Waals surface area contributed by atoms with Crippen LogP contribution in [0.15, 0.2) is 37.2 Å². The highest BCUT2D eigenvalue weighted by Crippen LogP contribution is 2.04. The molecule has 1 aromatic rings. The summed E-state index contributed by atoms with van der Waals surface area (Å²) in [6.45, 7) is 6.87. The summed E-state index contributed by atoms with van der Waals surface area (Å²) in [7, 11) is 0. The van der Waals surface area contributed by atoms with Crippen LogP contribution in [-0.2, 0) is 6.54 Å². The van der Waals surface area contributed by atoms with Gasteiger partial charge in [0, 0.05) is 25.0 Å². The number of hydrogen-bond donors (Lipinski definition) is 1. The molecule has 0 aliphatic heterocycles. The molecule has 1 aromatic heterocycles. The second kappa shape index (κ2) is 7.18. The summed E-state index contributed by atoms with van der Waals surface area (Å²) >= 11 is 0. The SMILES string of the molecule is C=CCC[C@H](CC)NCc1cccnc1. The molecule has 0 saturated heterocycles. The Kier molecular flexibility index (Phi) is 5.71. The number of aromatic nitrogens is 1. The minimum absolute atomic E-state index is 0.586. The fraction of sp³-hybridized carbons (Fsp3) is 0.462. The highest BCUT2D eigenvalue weighted by Gasteiger charge is 2.03. The number of allylic oxidation sites excluding steroid dienone is 1. The van der Waals surface area contributed by atoms with Crippen molar-refractivity contribution in [1.29, 1.82) is 0 Å². The molecule has 0 amide bonds. The van der Waals surface area contributed by atoms with E-state index in [0.717, 1.165) is 19.4 Å². The van der Waals surface area contributed by atoms with Crippen molar-refractivity contribution in [2.75, 3.05) is 0 Å². The van der Waals surface area contributed by atoms with Gasteiger partial charge in [-0.1, -0.05) is 19.1 Å². The topological polar surface area (TPSA) is 24.9 Å². The van der Waals surface area contributed by atoms with E-state index in [4.69, 9.17) is 0 Å². The van der Waals surface area contributed by atoms with E-state index >= 15 is 0 Å². The highest BCUT2D eigenvalue weighted by molar-refractivity contribution is 5.07. The molecule has 1 atom stereocenters. The first-order valence-electron chi connectivity index (χ1n) is 5.60. The van der Waals surface area contributed by atoms with Crippen LogP contribution in [0, 0.1) is 0 Å². The molecule has 1 N–H and O–H groups in total. The maximum absolute atomic E-state index is 4.09. The zero-order valence-corrected chi connectivity index (χ0v) is 9.45. The number of nitrogens with one attached hydrogen (secondary N) is 1. The van der Waals surface area contributed by atoms with E-state index in [1.165, 1.54) is 12.0 Å². The summed E-state index contributed by atoms with van der Waals surface area (Å²) < 4.78 is 0. The van der Waals surface area contributed by atoms with E-state index in [9.17, 15) is 0 Å². The molecule has 2 heteroatoms. The summed E-state index contributed by atoms with van der Waals surface area (Å²) in [5.41, 5.74) is 1.24. The van der Waals surface area contributed by atoms with E-state index in [-0.39, 0.29) is 0 Å². The Labute approximate surface area is 92.4 Å². The van der Waals surface area contributed by atoms with Gasteiger partial charge in [-0.3, -0.25) is 4.98 Å². The monoisotopic (exact) mass is 204 g/mol. The maximum atomic E-state index is 4.09. The Balaban J connectivity index is 2.31. The Morgan fingerprint density at radius 2 is 2.47 bits per heavy atom. The van der Waals surface area contributed by atoms with Gasteiger partial charge in [-0.15, -0.1) is 6.58 Å². The first-order chi connectivity index (χ1) is 7.36. The lowest BCUT2D eigenvalue weighted by Crippen LogP contribution is -2.27. The minimum Gasteiger partial charge on any atom is -0.310 e. The Hall–Kier alpha value is -1.15. The molecule has 0 aliphatic rings. The summed E-state index contributed by atoms with van der Waals surface area (Å²) in [5.74, 6) is 0. The van der Waals surface area contributed by atoms with E-state index in [2.05, 4.69) is 29.9 Å². The van der Waals surface area contributed by atoms with Crippen molar-refractivity contribution < 1.29 is 0 Å². The standard InChI is InChI=1S/C13H20N2/c1-3-5-8-13(4-2)15-11-12-7-6-9-14-10-12/h3,6-7,9-10,13,15H,1,4-5,8,11H2,2H3/t13-/m0/s1. The largest absolute Gasteiger partial charge is 0.310 e. The van der Waals surface area contributed by atoms with Crippen LogP contribution in [0.25, 0.3) is 0 Å². The normalized spacial score (nSPS) is 12.3. The quantitative estimate of drug-likeness (QED) is 0.691. The van der Waals surface area contributed by atoms with Crippen molar-refractivity contribution in [3.63, 3.8) is 0 Å². The van der Waals surface area contributed by atoms with Crippen LogP contribution in [0.2, 0.25) is 0 Å². The molecule has 0 unspecified atom stereocenters. The lowest BCUT2D eigenvalue weighted by Gasteiger charge is -2.15. The average molecular weight is 204 g/mol. The summed E-state index contributed by atoms with van der Waals surface area (Å²) in [6.07, 6.45) is 9.10. The highest BCUT2D eigenvalue weighted by atomic mass is 14.9. The molecule has 0 spiro atoms. The van der Waals surface area contributed by atoms with Crippen molar-refractivity contribution in [3.8, 4) is 0 Å². The first kappa shape index (κ1) is 11.9. The van der Waals surface area contributed by atoms with Gasteiger partial charge in [0.15, 0.2) is 0 Å². The lowest BCUT2D eigenvalue weighted by atomic mass is 10.1. The molecule has 1 heterocycles. The third-order valence-electron chi connectivity index (χ3n) is 2.53. The third kappa shape index (κ3) is 4.75. The molecule has 2 nitrogen and oxygen atoms in total. The predicted octanol–water partition coefficient (Wildman–Crippen LogP) is 2.92. The van der Waals surface area contributed by atoms with Gasteiger partial charge in [-0.05, 0) is 30.9 Å². The van der Waals surface area contributed by atoms with Crippen molar-refractivity contribution in [2.24, 2.45) is 0 Å². The molecule has 0 aromatic carbocycles. The van der Waals surface area contributed by atoms with Crippen LogP contribution in [0.3, 0.4) is 0 Å². The average Bonchev–Trinajstić information content (AvgIpc) is 2.31. The zero-order chi connectivity index (χ0) is 10.9. The number of nitrogens with zero attached hydrogens (tertiary/aromatic N) is 1. The van der Waals surface area contributed by atoms with Gasteiger partial charge in [-0.2, -0.15) is 0 Å². The van der Waals surface area contributed by atoms with Crippen LogP contribution in [0.4, 0.5) is 0 Å². The van der Waals surface area contributed by atoms with E-state index < -0.39 is 0 Å². The summed E-state index contributed by atoms with van der Waals surface area (Å²) in [4.78, 5) is 4.09. The molecular formula is C13H20N2. The van der Waals surface area contributed by atoms with Gasteiger partial charge >= 0.3 is 0 Å². The maximum Gasteiger partial charge on any atom is 0.0312 e. The van der Waals surface area contributed by atoms with Crippen molar-refractivity contribution in [2.45, 2.75) is 38.8 Å². The second-order valence-corrected chi connectivity index (χ2v) is 3.71. The summed E-state index contributed by atoms with van der Waals surface area (Å²) in [6, 6.07) is 4.66. The van der Waals surface area contributed by atoms with Crippen LogP contribution in [0.1, 0.15) is 31.7 Å². The van der Waals surface area contributed by atoms with Crippen molar-refractivity contribution >= 4 is 0 Å². The smallest absolute Gasteiger partial charge is 0.0312 e. The zero-order valence-electron chi connectivity index (χ0n) is 9.45. The molecule has 0 fully saturated rings. The number of rotatable bonds is 7. The predicted molar refractivity (Wildman–Crippen MR) is 64.6 cm³/mol. The van der Waals surface area contributed by atoms with Crippen LogP contribution < -0.4 is 5.32 Å². The van der Waals surface area contributed by atoms with Gasteiger partial charge in [0.05, 0.1) is 0 Å². The van der Waals surface area contributed by atoms with E-state index in [1.807, 2.05) is 18.3 Å². The van der Waals surface area contributed by atoms with Crippen molar-refractivity contribution in [1.82, 2.24) is 10.3 Å². The molecule has 0 radical (unpaired) electrons. The molecule has 15 heavy (non-hydrogen) atoms. The minimum atomic E-state index is 0.586. The Morgan fingerprint density at radius 1 is 1.60 bits per heavy atom. The van der Waals surface area contributed by atoms with Crippen LogP contribution >= 0.6 is 0 Å². The molecule has 1 rings (SSSR count). The fourth-order valence-electron chi connectivity index (χ4n) is 1.53. The first-order valence-corrected chi connectivity index (χ1v) is 5.60. The molecule has 0 saturated carbocycles. The van der Waals surface area contributed by atoms with Gasteiger partial charge in [0.2, 0.25) is 0 Å². The summed E-state index contributed by atoms with van der Waals surface area (Å²) in [5, 5.41) is 3.53. The van der Waals surface area contributed by atoms with Gasteiger partial charge in [0.1, 0.15) is 0 Å².